The van der Waals surface area contributed by atoms with Crippen molar-refractivity contribution in [3.63, 3.8) is 0 Å². The number of carbonyl (C=O) groups is 1. The first-order valence-corrected chi connectivity index (χ1v) is 4.48. The highest BCUT2D eigenvalue weighted by Gasteiger charge is 2.52. The van der Waals surface area contributed by atoms with E-state index in [0.29, 0.717) is 0 Å². The van der Waals surface area contributed by atoms with Gasteiger partial charge in [-0.1, -0.05) is 0 Å². The van der Waals surface area contributed by atoms with Crippen LogP contribution >= 0.6 is 0 Å². The van der Waals surface area contributed by atoms with Crippen LogP contribution in [-0.4, -0.2) is 28.2 Å². The minimum absolute atomic E-state index is 0.00778. The number of Topliss-reactive ketones (excluding diaryl/α,β-unsaturated/α-hetero) is 1. The monoisotopic (exact) mass is 170 g/mol. The second-order valence-corrected chi connectivity index (χ2v) is 4.09. The number of fused-ring (bicyclic) bond motifs is 2. The zero-order chi connectivity index (χ0) is 8.88. The largest absolute Gasteiger partial charge is 0.390 e. The highest BCUT2D eigenvalue weighted by atomic mass is 16.3. The number of hydrogen-bond acceptors (Lipinski definition) is 3. The molecule has 0 aromatic heterocycles. The molecule has 68 valence electrons. The van der Waals surface area contributed by atoms with Crippen molar-refractivity contribution in [1.82, 2.24) is 0 Å². The molecule has 5 unspecified atom stereocenters. The van der Waals surface area contributed by atoms with Crippen LogP contribution in [0.2, 0.25) is 0 Å². The van der Waals surface area contributed by atoms with Crippen LogP contribution in [-0.2, 0) is 4.79 Å². The van der Waals surface area contributed by atoms with E-state index >= 15 is 0 Å². The lowest BCUT2D eigenvalue weighted by Crippen LogP contribution is -2.38. The molecule has 12 heavy (non-hydrogen) atoms. The minimum Gasteiger partial charge on any atom is -0.390 e. The summed E-state index contributed by atoms with van der Waals surface area (Å²) >= 11 is 0. The molecule has 3 nitrogen and oxygen atoms in total. The first-order valence-electron chi connectivity index (χ1n) is 4.48. The molecular weight excluding hydrogens is 156 g/mol. The van der Waals surface area contributed by atoms with Gasteiger partial charge in [-0.05, 0) is 31.6 Å². The molecule has 2 fully saturated rings. The molecule has 2 saturated carbocycles. The smallest absolute Gasteiger partial charge is 0.133 e. The number of ketones is 1. The summed E-state index contributed by atoms with van der Waals surface area (Å²) in [6.07, 6.45) is 0.369. The van der Waals surface area contributed by atoms with Gasteiger partial charge in [-0.25, -0.2) is 0 Å². The zero-order valence-corrected chi connectivity index (χ0v) is 7.10. The molecule has 5 atom stereocenters. The maximum absolute atomic E-state index is 11.1. The fraction of sp³-hybridized carbons (Fsp3) is 0.889. The van der Waals surface area contributed by atoms with E-state index in [0.717, 1.165) is 12.8 Å². The molecule has 3 heteroatoms. The Labute approximate surface area is 71.4 Å². The van der Waals surface area contributed by atoms with Gasteiger partial charge in [-0.3, -0.25) is 4.79 Å². The molecule has 2 N–H and O–H groups in total. The van der Waals surface area contributed by atoms with E-state index in [1.807, 2.05) is 0 Å². The molecule has 0 saturated heterocycles. The van der Waals surface area contributed by atoms with Crippen molar-refractivity contribution in [1.29, 1.82) is 0 Å². The van der Waals surface area contributed by atoms with Gasteiger partial charge in [0.05, 0.1) is 12.2 Å². The van der Waals surface area contributed by atoms with E-state index in [9.17, 15) is 15.0 Å². The van der Waals surface area contributed by atoms with Gasteiger partial charge in [0.1, 0.15) is 5.78 Å². The summed E-state index contributed by atoms with van der Waals surface area (Å²) < 4.78 is 0. The SMILES string of the molecule is CC(=O)C1CC2CC1C(O)C2O. The van der Waals surface area contributed by atoms with Gasteiger partial charge >= 0.3 is 0 Å². The first-order chi connectivity index (χ1) is 5.61. The molecule has 0 spiro atoms. The van der Waals surface area contributed by atoms with Crippen LogP contribution in [0.5, 0.6) is 0 Å². The third kappa shape index (κ3) is 0.930. The predicted octanol–water partition coefficient (Wildman–Crippen LogP) is -0.0468. The van der Waals surface area contributed by atoms with Crippen molar-refractivity contribution in [3.8, 4) is 0 Å². The lowest BCUT2D eigenvalue weighted by Gasteiger charge is -2.27. The molecule has 0 aromatic carbocycles. The third-order valence-electron chi connectivity index (χ3n) is 3.44. The van der Waals surface area contributed by atoms with Crippen LogP contribution < -0.4 is 0 Å². The van der Waals surface area contributed by atoms with Crippen molar-refractivity contribution in [3.05, 3.63) is 0 Å². The number of aliphatic hydroxyl groups excluding tert-OH is 2. The average molecular weight is 170 g/mol. The van der Waals surface area contributed by atoms with Crippen LogP contribution in [0.3, 0.4) is 0 Å². The van der Waals surface area contributed by atoms with Gasteiger partial charge in [0.25, 0.3) is 0 Å². The fourth-order valence-electron chi connectivity index (χ4n) is 2.77. The quantitative estimate of drug-likeness (QED) is 0.580. The van der Waals surface area contributed by atoms with E-state index in [4.69, 9.17) is 0 Å². The molecule has 0 aliphatic heterocycles. The van der Waals surface area contributed by atoms with Gasteiger partial charge in [-0.15, -0.1) is 0 Å². The van der Waals surface area contributed by atoms with E-state index < -0.39 is 12.2 Å². The van der Waals surface area contributed by atoms with Gasteiger partial charge in [-0.2, -0.15) is 0 Å². The van der Waals surface area contributed by atoms with Gasteiger partial charge in [0, 0.05) is 5.92 Å². The topological polar surface area (TPSA) is 57.5 Å². The number of aliphatic hydroxyl groups is 2. The molecule has 0 aromatic rings. The van der Waals surface area contributed by atoms with Gasteiger partial charge < -0.3 is 10.2 Å². The Hall–Kier alpha value is -0.410. The Morgan fingerprint density at radius 3 is 2.33 bits per heavy atom. The second kappa shape index (κ2) is 2.54. The van der Waals surface area contributed by atoms with Crippen LogP contribution in [0.25, 0.3) is 0 Å². The van der Waals surface area contributed by atoms with Crippen LogP contribution in [0.4, 0.5) is 0 Å². The fourth-order valence-corrected chi connectivity index (χ4v) is 2.77. The van der Waals surface area contributed by atoms with Crippen molar-refractivity contribution in [2.45, 2.75) is 32.0 Å². The number of rotatable bonds is 1. The maximum atomic E-state index is 11.1. The Bertz CT molecular complexity index is 212. The molecule has 2 rings (SSSR count). The Kier molecular flexibility index (Phi) is 1.73. The standard InChI is InChI=1S/C9H14O3/c1-4(10)6-2-5-3-7(6)9(12)8(5)11/h5-9,11-12H,2-3H2,1H3. The summed E-state index contributed by atoms with van der Waals surface area (Å²) in [7, 11) is 0. The van der Waals surface area contributed by atoms with Gasteiger partial charge in [0.2, 0.25) is 0 Å². The molecular formula is C9H14O3. The van der Waals surface area contributed by atoms with Crippen LogP contribution in [0.1, 0.15) is 19.8 Å². The lowest BCUT2D eigenvalue weighted by atomic mass is 9.83. The van der Waals surface area contributed by atoms with Crippen molar-refractivity contribution >= 4 is 5.78 Å². The summed E-state index contributed by atoms with van der Waals surface area (Å²) in [5, 5.41) is 18.9. The summed E-state index contributed by atoms with van der Waals surface area (Å²) in [5.74, 6) is 0.364. The summed E-state index contributed by atoms with van der Waals surface area (Å²) in [6.45, 7) is 1.57. The van der Waals surface area contributed by atoms with Gasteiger partial charge in [0.15, 0.2) is 0 Å². The molecule has 0 amide bonds. The molecule has 2 bridgehead atoms. The highest BCUT2D eigenvalue weighted by molar-refractivity contribution is 5.79. The minimum atomic E-state index is -0.655. The Morgan fingerprint density at radius 1 is 1.25 bits per heavy atom. The summed E-state index contributed by atoms with van der Waals surface area (Å²) in [6, 6.07) is 0. The summed E-state index contributed by atoms with van der Waals surface area (Å²) in [4.78, 5) is 11.1. The predicted molar refractivity (Wildman–Crippen MR) is 42.4 cm³/mol. The number of hydrogen-bond donors (Lipinski definition) is 2. The van der Waals surface area contributed by atoms with E-state index in [2.05, 4.69) is 0 Å². The molecule has 0 heterocycles. The Balaban J connectivity index is 2.15. The molecule has 2 aliphatic rings. The molecule has 2 aliphatic carbocycles. The van der Waals surface area contributed by atoms with Crippen molar-refractivity contribution in [2.24, 2.45) is 17.8 Å². The van der Waals surface area contributed by atoms with Crippen LogP contribution in [0, 0.1) is 17.8 Å². The summed E-state index contributed by atoms with van der Waals surface area (Å²) in [5.41, 5.74) is 0. The molecule has 0 radical (unpaired) electrons. The van der Waals surface area contributed by atoms with E-state index in [-0.39, 0.29) is 23.5 Å². The average Bonchev–Trinajstić information content (AvgIpc) is 2.53. The zero-order valence-electron chi connectivity index (χ0n) is 7.10. The van der Waals surface area contributed by atoms with E-state index in [1.54, 1.807) is 6.92 Å². The number of carbonyl (C=O) groups excluding carboxylic acids is 1. The van der Waals surface area contributed by atoms with Crippen molar-refractivity contribution < 1.29 is 15.0 Å². The van der Waals surface area contributed by atoms with Crippen molar-refractivity contribution in [2.75, 3.05) is 0 Å². The Morgan fingerprint density at radius 2 is 1.92 bits per heavy atom. The maximum Gasteiger partial charge on any atom is 0.133 e. The lowest BCUT2D eigenvalue weighted by molar-refractivity contribution is -0.126. The second-order valence-electron chi connectivity index (χ2n) is 4.09. The normalized spacial score (nSPS) is 51.4. The first kappa shape index (κ1) is 8.20. The van der Waals surface area contributed by atoms with E-state index in [1.165, 1.54) is 0 Å². The van der Waals surface area contributed by atoms with Crippen LogP contribution in [0.15, 0.2) is 0 Å². The highest BCUT2D eigenvalue weighted by Crippen LogP contribution is 2.48. The third-order valence-corrected chi connectivity index (χ3v) is 3.44.